The Hall–Kier alpha value is -3.06. The standard InChI is InChI=1S/C21H19IN2O5/c1-4-29-18-11-13(10-16(22)19(18)27-2)9-14(12-23)20(25)24-17-8-6-5-7-15(17)21(26)28-3/h5-11H,4H2,1-3H3,(H,24,25)/b14-9-. The van der Waals surface area contributed by atoms with Crippen molar-refractivity contribution in [1.82, 2.24) is 0 Å². The van der Waals surface area contributed by atoms with Crippen molar-refractivity contribution in [2.75, 3.05) is 26.1 Å². The quantitative estimate of drug-likeness (QED) is 0.264. The molecule has 0 heterocycles. The van der Waals surface area contributed by atoms with Crippen molar-refractivity contribution in [2.24, 2.45) is 0 Å². The first kappa shape index (κ1) is 22.2. The summed E-state index contributed by atoms with van der Waals surface area (Å²) in [4.78, 5) is 24.5. The van der Waals surface area contributed by atoms with E-state index in [4.69, 9.17) is 14.2 Å². The summed E-state index contributed by atoms with van der Waals surface area (Å²) in [5.74, 6) is -0.136. The van der Waals surface area contributed by atoms with Gasteiger partial charge in [0.25, 0.3) is 5.91 Å². The highest BCUT2D eigenvalue weighted by molar-refractivity contribution is 14.1. The fraction of sp³-hybridized carbons (Fsp3) is 0.190. The van der Waals surface area contributed by atoms with E-state index in [9.17, 15) is 14.9 Å². The minimum absolute atomic E-state index is 0.131. The zero-order valence-electron chi connectivity index (χ0n) is 16.1. The van der Waals surface area contributed by atoms with E-state index in [0.29, 0.717) is 23.7 Å². The molecular weight excluding hydrogens is 487 g/mol. The number of anilines is 1. The fourth-order valence-corrected chi connectivity index (χ4v) is 3.36. The Kier molecular flexibility index (Phi) is 8.03. The third-order valence-electron chi connectivity index (χ3n) is 3.79. The number of halogens is 1. The molecule has 0 radical (unpaired) electrons. The van der Waals surface area contributed by atoms with Crippen molar-refractivity contribution in [1.29, 1.82) is 5.26 Å². The number of nitriles is 1. The van der Waals surface area contributed by atoms with Gasteiger partial charge in [0.1, 0.15) is 11.6 Å². The maximum atomic E-state index is 12.6. The molecule has 0 atom stereocenters. The highest BCUT2D eigenvalue weighted by Gasteiger charge is 2.17. The molecule has 8 heteroatoms. The second-order valence-electron chi connectivity index (χ2n) is 5.63. The minimum atomic E-state index is -0.646. The molecule has 0 aromatic heterocycles. The Morgan fingerprint density at radius 3 is 2.59 bits per heavy atom. The van der Waals surface area contributed by atoms with Crippen LogP contribution < -0.4 is 14.8 Å². The second-order valence-corrected chi connectivity index (χ2v) is 6.79. The first-order valence-electron chi connectivity index (χ1n) is 8.55. The van der Waals surface area contributed by atoms with Crippen LogP contribution in [0.4, 0.5) is 5.69 Å². The molecule has 0 saturated heterocycles. The Morgan fingerprint density at radius 1 is 1.24 bits per heavy atom. The number of methoxy groups -OCH3 is 2. The third-order valence-corrected chi connectivity index (χ3v) is 4.59. The van der Waals surface area contributed by atoms with Crippen molar-refractivity contribution in [3.8, 4) is 17.6 Å². The highest BCUT2D eigenvalue weighted by Crippen LogP contribution is 2.34. The molecular formula is C21H19IN2O5. The van der Waals surface area contributed by atoms with E-state index in [1.807, 2.05) is 13.0 Å². The smallest absolute Gasteiger partial charge is 0.339 e. The van der Waals surface area contributed by atoms with Gasteiger partial charge in [0, 0.05) is 0 Å². The number of carbonyl (C=O) groups excluding carboxylic acids is 2. The van der Waals surface area contributed by atoms with Crippen LogP contribution in [0.5, 0.6) is 11.5 Å². The van der Waals surface area contributed by atoms with Crippen molar-refractivity contribution < 1.29 is 23.8 Å². The Bertz CT molecular complexity index is 995. The summed E-state index contributed by atoms with van der Waals surface area (Å²) in [5.41, 5.74) is 0.919. The van der Waals surface area contributed by atoms with Gasteiger partial charge in [0.05, 0.1) is 35.6 Å². The average Bonchev–Trinajstić information content (AvgIpc) is 2.72. The van der Waals surface area contributed by atoms with Gasteiger partial charge in [0.15, 0.2) is 11.5 Å². The maximum Gasteiger partial charge on any atom is 0.339 e. The summed E-state index contributed by atoms with van der Waals surface area (Å²) in [7, 11) is 2.80. The molecule has 0 spiro atoms. The van der Waals surface area contributed by atoms with Crippen LogP contribution in [-0.4, -0.2) is 32.7 Å². The lowest BCUT2D eigenvalue weighted by atomic mass is 10.1. The number of benzene rings is 2. The molecule has 0 aliphatic heterocycles. The van der Waals surface area contributed by atoms with Gasteiger partial charge in [-0.2, -0.15) is 5.26 Å². The number of nitrogens with zero attached hydrogens (tertiary/aromatic N) is 1. The first-order valence-corrected chi connectivity index (χ1v) is 9.63. The summed E-state index contributed by atoms with van der Waals surface area (Å²) >= 11 is 2.09. The van der Waals surface area contributed by atoms with E-state index in [2.05, 4.69) is 27.9 Å². The van der Waals surface area contributed by atoms with Gasteiger partial charge in [-0.15, -0.1) is 0 Å². The normalized spacial score (nSPS) is 10.7. The van der Waals surface area contributed by atoms with Crippen molar-refractivity contribution in [2.45, 2.75) is 6.92 Å². The number of esters is 1. The third kappa shape index (κ3) is 5.48. The molecule has 1 amide bonds. The van der Waals surface area contributed by atoms with Gasteiger partial charge in [-0.1, -0.05) is 12.1 Å². The van der Waals surface area contributed by atoms with Crippen LogP contribution in [0, 0.1) is 14.9 Å². The van der Waals surface area contributed by atoms with Gasteiger partial charge in [-0.25, -0.2) is 4.79 Å². The summed E-state index contributed by atoms with van der Waals surface area (Å²) in [6, 6.07) is 11.8. The van der Waals surface area contributed by atoms with E-state index < -0.39 is 11.9 Å². The van der Waals surface area contributed by atoms with Crippen LogP contribution in [0.25, 0.3) is 6.08 Å². The van der Waals surface area contributed by atoms with Gasteiger partial charge < -0.3 is 19.5 Å². The number of hydrogen-bond donors (Lipinski definition) is 1. The molecule has 2 aromatic rings. The minimum Gasteiger partial charge on any atom is -0.492 e. The van der Waals surface area contributed by atoms with E-state index >= 15 is 0 Å². The molecule has 0 aliphatic carbocycles. The molecule has 0 aliphatic rings. The number of amides is 1. The van der Waals surface area contributed by atoms with Crippen LogP contribution in [-0.2, 0) is 9.53 Å². The Morgan fingerprint density at radius 2 is 1.97 bits per heavy atom. The zero-order valence-corrected chi connectivity index (χ0v) is 18.3. The molecule has 2 rings (SSSR count). The summed E-state index contributed by atoms with van der Waals surface area (Å²) in [6.45, 7) is 2.29. The number of rotatable bonds is 7. The molecule has 29 heavy (non-hydrogen) atoms. The topological polar surface area (TPSA) is 97.7 Å². The molecule has 7 nitrogen and oxygen atoms in total. The maximum absolute atomic E-state index is 12.6. The average molecular weight is 506 g/mol. The first-order chi connectivity index (χ1) is 13.9. The van der Waals surface area contributed by atoms with Crippen LogP contribution >= 0.6 is 22.6 Å². The van der Waals surface area contributed by atoms with Crippen LogP contribution in [0.15, 0.2) is 42.0 Å². The molecule has 2 aromatic carbocycles. The van der Waals surface area contributed by atoms with E-state index in [1.54, 1.807) is 37.4 Å². The summed E-state index contributed by atoms with van der Waals surface area (Å²) in [6.07, 6.45) is 1.44. The van der Waals surface area contributed by atoms with Crippen LogP contribution in [0.1, 0.15) is 22.8 Å². The molecule has 0 unspecified atom stereocenters. The number of ether oxygens (including phenoxy) is 3. The lowest BCUT2D eigenvalue weighted by Gasteiger charge is -2.12. The lowest BCUT2D eigenvalue weighted by Crippen LogP contribution is -2.16. The predicted molar refractivity (Wildman–Crippen MR) is 117 cm³/mol. The number of para-hydroxylation sites is 1. The van der Waals surface area contributed by atoms with Crippen LogP contribution in [0.2, 0.25) is 0 Å². The highest BCUT2D eigenvalue weighted by atomic mass is 127. The van der Waals surface area contributed by atoms with Crippen LogP contribution in [0.3, 0.4) is 0 Å². The van der Waals surface area contributed by atoms with Crippen molar-refractivity contribution in [3.63, 3.8) is 0 Å². The van der Waals surface area contributed by atoms with Gasteiger partial charge in [0.2, 0.25) is 0 Å². The van der Waals surface area contributed by atoms with Crippen molar-refractivity contribution >= 4 is 46.2 Å². The number of nitrogens with one attached hydrogen (secondary N) is 1. The molecule has 0 bridgehead atoms. The Balaban J connectivity index is 2.37. The van der Waals surface area contributed by atoms with E-state index in [-0.39, 0.29) is 16.8 Å². The van der Waals surface area contributed by atoms with Gasteiger partial charge in [-0.05, 0) is 65.4 Å². The molecule has 0 saturated carbocycles. The monoisotopic (exact) mass is 506 g/mol. The molecule has 150 valence electrons. The molecule has 0 fully saturated rings. The number of carbonyl (C=O) groups is 2. The van der Waals surface area contributed by atoms with Gasteiger partial charge in [-0.3, -0.25) is 4.79 Å². The lowest BCUT2D eigenvalue weighted by molar-refractivity contribution is -0.112. The largest absolute Gasteiger partial charge is 0.492 e. The SMILES string of the molecule is CCOc1cc(/C=C(/C#N)C(=O)Nc2ccccc2C(=O)OC)cc(I)c1OC. The van der Waals surface area contributed by atoms with E-state index in [1.165, 1.54) is 19.3 Å². The second kappa shape index (κ2) is 10.5. The Labute approximate surface area is 182 Å². The predicted octanol–water partition coefficient (Wildman–Crippen LogP) is 4.03. The zero-order chi connectivity index (χ0) is 21.4. The fourth-order valence-electron chi connectivity index (χ4n) is 2.52. The number of hydrogen-bond acceptors (Lipinski definition) is 6. The summed E-state index contributed by atoms with van der Waals surface area (Å²) < 4.78 is 16.4. The van der Waals surface area contributed by atoms with Crippen molar-refractivity contribution in [3.05, 3.63) is 56.7 Å². The summed E-state index contributed by atoms with van der Waals surface area (Å²) in [5, 5.41) is 12.1. The molecule has 1 N–H and O–H groups in total. The van der Waals surface area contributed by atoms with Gasteiger partial charge >= 0.3 is 5.97 Å². The van der Waals surface area contributed by atoms with E-state index in [0.717, 1.165) is 3.57 Å².